The van der Waals surface area contributed by atoms with Crippen LogP contribution in [0.4, 0.5) is 0 Å². The molecule has 0 unspecified atom stereocenters. The number of ether oxygens (including phenoxy) is 1. The Morgan fingerprint density at radius 2 is 1.86 bits per heavy atom. The summed E-state index contributed by atoms with van der Waals surface area (Å²) in [5, 5.41) is 10.9. The monoisotopic (exact) mass is 197 g/mol. The van der Waals surface area contributed by atoms with Crippen molar-refractivity contribution in [1.29, 1.82) is 0 Å². The highest BCUT2D eigenvalue weighted by molar-refractivity contribution is 5.28. The molecule has 0 fully saturated rings. The molecule has 4 heteroatoms. The first kappa shape index (κ1) is 10.9. The summed E-state index contributed by atoms with van der Waals surface area (Å²) in [6.45, 7) is 3.66. The first-order chi connectivity index (χ1) is 6.48. The molecule has 4 nitrogen and oxygen atoms in total. The van der Waals surface area contributed by atoms with E-state index in [0.717, 1.165) is 0 Å². The zero-order chi connectivity index (χ0) is 10.8. The highest BCUT2D eigenvalue weighted by Crippen LogP contribution is 2.28. The standard InChI is InChI=1S/C10H15NO3/c1-4-10(11(12)13)7-5-9(2,14-3)6-8-10/h5-8H,4H2,1-3H3. The van der Waals surface area contributed by atoms with Gasteiger partial charge in [0.25, 0.3) is 5.54 Å². The smallest absolute Gasteiger partial charge is 0.258 e. The van der Waals surface area contributed by atoms with Crippen LogP contribution >= 0.6 is 0 Å². The summed E-state index contributed by atoms with van der Waals surface area (Å²) >= 11 is 0. The van der Waals surface area contributed by atoms with Crippen molar-refractivity contribution in [2.45, 2.75) is 31.4 Å². The van der Waals surface area contributed by atoms with E-state index in [-0.39, 0.29) is 4.92 Å². The van der Waals surface area contributed by atoms with E-state index in [1.807, 2.05) is 6.92 Å². The van der Waals surface area contributed by atoms with Crippen LogP contribution < -0.4 is 0 Å². The lowest BCUT2D eigenvalue weighted by Crippen LogP contribution is -2.38. The maximum Gasteiger partial charge on any atom is 0.258 e. The SMILES string of the molecule is CCC1([N+](=O)[O-])C=CC(C)(OC)C=C1. The van der Waals surface area contributed by atoms with Crippen LogP contribution in [0.5, 0.6) is 0 Å². The quantitative estimate of drug-likeness (QED) is 0.394. The van der Waals surface area contributed by atoms with Gasteiger partial charge in [0, 0.05) is 18.5 Å². The summed E-state index contributed by atoms with van der Waals surface area (Å²) in [5.41, 5.74) is -1.55. The zero-order valence-corrected chi connectivity index (χ0v) is 8.69. The Morgan fingerprint density at radius 1 is 1.36 bits per heavy atom. The van der Waals surface area contributed by atoms with Gasteiger partial charge in [0.05, 0.1) is 0 Å². The normalized spacial score (nSPS) is 35.9. The van der Waals surface area contributed by atoms with Crippen molar-refractivity contribution in [2.24, 2.45) is 0 Å². The molecule has 78 valence electrons. The molecule has 0 saturated heterocycles. The Balaban J connectivity index is 2.97. The fourth-order valence-corrected chi connectivity index (χ4v) is 1.35. The lowest BCUT2D eigenvalue weighted by Gasteiger charge is -2.27. The maximum absolute atomic E-state index is 10.9. The molecule has 0 heterocycles. The van der Waals surface area contributed by atoms with Gasteiger partial charge in [-0.25, -0.2) is 0 Å². The topological polar surface area (TPSA) is 52.4 Å². The predicted molar refractivity (Wildman–Crippen MR) is 53.7 cm³/mol. The number of nitro groups is 1. The Hall–Kier alpha value is -1.16. The highest BCUT2D eigenvalue weighted by Gasteiger charge is 2.39. The molecule has 0 bridgehead atoms. The third-order valence-corrected chi connectivity index (χ3v) is 2.75. The van der Waals surface area contributed by atoms with Crippen molar-refractivity contribution in [3.63, 3.8) is 0 Å². The van der Waals surface area contributed by atoms with Crippen LogP contribution in [0.3, 0.4) is 0 Å². The number of hydrogen-bond donors (Lipinski definition) is 0. The summed E-state index contributed by atoms with van der Waals surface area (Å²) in [6.07, 6.45) is 7.14. The summed E-state index contributed by atoms with van der Waals surface area (Å²) < 4.78 is 5.20. The first-order valence-corrected chi connectivity index (χ1v) is 4.58. The molecule has 0 aromatic rings. The fraction of sp³-hybridized carbons (Fsp3) is 0.600. The van der Waals surface area contributed by atoms with Gasteiger partial charge in [0.1, 0.15) is 5.60 Å². The molecule has 1 rings (SSSR count). The number of nitrogens with zero attached hydrogens (tertiary/aromatic N) is 1. The molecule has 1 aliphatic rings. The van der Waals surface area contributed by atoms with Crippen LogP contribution in [0.2, 0.25) is 0 Å². The minimum Gasteiger partial charge on any atom is -0.370 e. The summed E-state index contributed by atoms with van der Waals surface area (Å²) in [4.78, 5) is 10.6. The predicted octanol–water partition coefficient (Wildman–Crippen LogP) is 1.94. The third-order valence-electron chi connectivity index (χ3n) is 2.75. The van der Waals surface area contributed by atoms with E-state index in [0.29, 0.717) is 6.42 Å². The molecule has 0 aliphatic heterocycles. The third kappa shape index (κ3) is 1.70. The van der Waals surface area contributed by atoms with Crippen molar-refractivity contribution in [3.8, 4) is 0 Å². The zero-order valence-electron chi connectivity index (χ0n) is 8.69. The van der Waals surface area contributed by atoms with Gasteiger partial charge in [-0.05, 0) is 31.2 Å². The number of methoxy groups -OCH3 is 1. The maximum atomic E-state index is 10.9. The van der Waals surface area contributed by atoms with Crippen LogP contribution in [-0.2, 0) is 4.74 Å². The molecule has 0 N–H and O–H groups in total. The summed E-state index contributed by atoms with van der Waals surface area (Å²) in [5.74, 6) is 0. The average Bonchev–Trinajstić information content (AvgIpc) is 2.19. The molecule has 0 spiro atoms. The lowest BCUT2D eigenvalue weighted by molar-refractivity contribution is -0.541. The van der Waals surface area contributed by atoms with Crippen LogP contribution in [-0.4, -0.2) is 23.2 Å². The van der Waals surface area contributed by atoms with Crippen LogP contribution in [0, 0.1) is 10.1 Å². The van der Waals surface area contributed by atoms with Gasteiger partial charge in [-0.1, -0.05) is 6.92 Å². The highest BCUT2D eigenvalue weighted by atomic mass is 16.6. The van der Waals surface area contributed by atoms with Crippen LogP contribution in [0.15, 0.2) is 24.3 Å². The minimum atomic E-state index is -1.04. The van der Waals surface area contributed by atoms with Crippen molar-refractivity contribution >= 4 is 0 Å². The first-order valence-electron chi connectivity index (χ1n) is 4.58. The van der Waals surface area contributed by atoms with Crippen molar-refractivity contribution in [2.75, 3.05) is 7.11 Å². The molecule has 0 atom stereocenters. The van der Waals surface area contributed by atoms with Crippen molar-refractivity contribution in [1.82, 2.24) is 0 Å². The Bertz CT molecular complexity index is 280. The fourth-order valence-electron chi connectivity index (χ4n) is 1.35. The molecular weight excluding hydrogens is 182 g/mol. The molecule has 0 saturated carbocycles. The van der Waals surface area contributed by atoms with E-state index >= 15 is 0 Å². The van der Waals surface area contributed by atoms with Crippen molar-refractivity contribution in [3.05, 3.63) is 34.4 Å². The van der Waals surface area contributed by atoms with E-state index in [9.17, 15) is 10.1 Å². The largest absolute Gasteiger partial charge is 0.370 e. The van der Waals surface area contributed by atoms with Gasteiger partial charge in [0.2, 0.25) is 0 Å². The van der Waals surface area contributed by atoms with E-state index in [2.05, 4.69) is 0 Å². The summed E-state index contributed by atoms with van der Waals surface area (Å²) in [7, 11) is 1.58. The van der Waals surface area contributed by atoms with Gasteiger partial charge >= 0.3 is 0 Å². The lowest BCUT2D eigenvalue weighted by atomic mass is 9.86. The Morgan fingerprint density at radius 3 is 2.14 bits per heavy atom. The number of hydrogen-bond acceptors (Lipinski definition) is 3. The van der Waals surface area contributed by atoms with Gasteiger partial charge in [-0.3, -0.25) is 10.1 Å². The molecule has 14 heavy (non-hydrogen) atoms. The molecule has 0 aromatic carbocycles. The van der Waals surface area contributed by atoms with Gasteiger partial charge in [0.15, 0.2) is 0 Å². The molecule has 0 radical (unpaired) electrons. The second kappa shape index (κ2) is 3.53. The Kier molecular flexibility index (Phi) is 2.76. The molecule has 0 aromatic heterocycles. The minimum absolute atomic E-state index is 0.269. The second-order valence-electron chi connectivity index (χ2n) is 3.66. The van der Waals surface area contributed by atoms with Gasteiger partial charge in [-0.2, -0.15) is 0 Å². The van der Waals surface area contributed by atoms with Crippen molar-refractivity contribution < 1.29 is 9.66 Å². The Labute approximate surface area is 83.4 Å². The van der Waals surface area contributed by atoms with Gasteiger partial charge < -0.3 is 4.74 Å². The second-order valence-corrected chi connectivity index (χ2v) is 3.66. The van der Waals surface area contributed by atoms with E-state index < -0.39 is 11.1 Å². The number of rotatable bonds is 3. The van der Waals surface area contributed by atoms with Crippen LogP contribution in [0.25, 0.3) is 0 Å². The molecule has 1 aliphatic carbocycles. The van der Waals surface area contributed by atoms with E-state index in [4.69, 9.17) is 4.74 Å². The average molecular weight is 197 g/mol. The summed E-state index contributed by atoms with van der Waals surface area (Å²) in [6, 6.07) is 0. The van der Waals surface area contributed by atoms with E-state index in [1.165, 1.54) is 0 Å². The molecular formula is C10H15NO3. The van der Waals surface area contributed by atoms with Gasteiger partial charge in [-0.15, -0.1) is 0 Å². The van der Waals surface area contributed by atoms with Crippen LogP contribution in [0.1, 0.15) is 20.3 Å². The van der Waals surface area contributed by atoms with E-state index in [1.54, 1.807) is 38.3 Å². The molecule has 0 amide bonds.